The van der Waals surface area contributed by atoms with Crippen LogP contribution < -0.4 is 5.73 Å². The van der Waals surface area contributed by atoms with Crippen LogP contribution in [0.1, 0.15) is 5.56 Å². The van der Waals surface area contributed by atoms with E-state index in [0.29, 0.717) is 11.4 Å². The predicted octanol–water partition coefficient (Wildman–Crippen LogP) is 3.03. The van der Waals surface area contributed by atoms with Crippen molar-refractivity contribution < 1.29 is 4.92 Å². The summed E-state index contributed by atoms with van der Waals surface area (Å²) in [5.74, 6) is 0. The van der Waals surface area contributed by atoms with E-state index in [1.807, 2.05) is 19.1 Å². The fourth-order valence-electron chi connectivity index (χ4n) is 2.25. The molecule has 0 saturated heterocycles. The highest BCUT2D eigenvalue weighted by Crippen LogP contribution is 2.32. The van der Waals surface area contributed by atoms with E-state index in [1.54, 1.807) is 12.1 Å². The lowest BCUT2D eigenvalue weighted by Crippen LogP contribution is -1.91. The Bertz CT molecular complexity index is 823. The molecule has 3 aromatic rings. The zero-order valence-electron chi connectivity index (χ0n) is 10.8. The molecule has 0 fully saturated rings. The van der Waals surface area contributed by atoms with E-state index < -0.39 is 4.92 Å². The Kier molecular flexibility index (Phi) is 2.64. The first-order valence-corrected chi connectivity index (χ1v) is 6.06. The van der Waals surface area contributed by atoms with Crippen LogP contribution in [0.2, 0.25) is 0 Å². The lowest BCUT2D eigenvalue weighted by Gasteiger charge is -2.03. The molecular weight excluding hydrogens is 256 g/mol. The van der Waals surface area contributed by atoms with Gasteiger partial charge in [0.25, 0.3) is 5.69 Å². The molecule has 1 aromatic heterocycles. The van der Waals surface area contributed by atoms with Gasteiger partial charge in [0, 0.05) is 23.1 Å². The molecule has 6 heteroatoms. The number of aryl methyl sites for hydroxylation is 1. The van der Waals surface area contributed by atoms with Crippen molar-refractivity contribution in [2.45, 2.75) is 6.92 Å². The Hall–Kier alpha value is -2.89. The molecule has 0 aliphatic carbocycles. The van der Waals surface area contributed by atoms with Gasteiger partial charge in [0.2, 0.25) is 0 Å². The number of nitrogen functional groups attached to an aromatic ring is 1. The number of benzene rings is 2. The van der Waals surface area contributed by atoms with Crippen molar-refractivity contribution in [2.24, 2.45) is 0 Å². The number of rotatable bonds is 2. The number of nitrogens with zero attached hydrogens (tertiary/aromatic N) is 2. The van der Waals surface area contributed by atoms with Crippen LogP contribution in [0.5, 0.6) is 0 Å². The number of aromatic nitrogens is 2. The Morgan fingerprint density at radius 1 is 1.30 bits per heavy atom. The molecule has 3 N–H and O–H groups in total. The van der Waals surface area contributed by atoms with Gasteiger partial charge >= 0.3 is 0 Å². The first kappa shape index (κ1) is 12.2. The number of hydrogen-bond acceptors (Lipinski definition) is 4. The van der Waals surface area contributed by atoms with Crippen molar-refractivity contribution in [1.82, 2.24) is 10.2 Å². The summed E-state index contributed by atoms with van der Waals surface area (Å²) in [6.07, 6.45) is 0. The molecule has 0 saturated carbocycles. The van der Waals surface area contributed by atoms with Crippen LogP contribution in [0, 0.1) is 17.0 Å². The quantitative estimate of drug-likeness (QED) is 0.424. The lowest BCUT2D eigenvalue weighted by molar-refractivity contribution is -0.384. The highest BCUT2D eigenvalue weighted by molar-refractivity contribution is 5.99. The smallest absolute Gasteiger partial charge is 0.270 e. The summed E-state index contributed by atoms with van der Waals surface area (Å²) in [5, 5.41) is 18.9. The maximum absolute atomic E-state index is 10.9. The number of nitrogens with two attached hydrogens (primary N) is 1. The molecule has 1 heterocycles. The molecular formula is C14H12N4O2. The molecule has 0 bridgehead atoms. The monoisotopic (exact) mass is 268 g/mol. The molecule has 0 atom stereocenters. The Balaban J connectivity index is 2.28. The van der Waals surface area contributed by atoms with Gasteiger partial charge in [-0.1, -0.05) is 18.2 Å². The van der Waals surface area contributed by atoms with Crippen LogP contribution in [0.3, 0.4) is 0 Å². The van der Waals surface area contributed by atoms with Crippen molar-refractivity contribution in [3.63, 3.8) is 0 Å². The summed E-state index contributed by atoms with van der Waals surface area (Å²) in [5.41, 5.74) is 9.61. The highest BCUT2D eigenvalue weighted by atomic mass is 16.6. The van der Waals surface area contributed by atoms with Crippen LogP contribution in [0.25, 0.3) is 22.2 Å². The van der Waals surface area contributed by atoms with Gasteiger partial charge in [-0.2, -0.15) is 5.10 Å². The van der Waals surface area contributed by atoms with E-state index in [1.165, 1.54) is 12.1 Å². The van der Waals surface area contributed by atoms with Crippen molar-refractivity contribution in [3.8, 4) is 11.3 Å². The summed E-state index contributed by atoms with van der Waals surface area (Å²) in [4.78, 5) is 10.5. The van der Waals surface area contributed by atoms with Crippen molar-refractivity contribution in [1.29, 1.82) is 0 Å². The number of fused-ring (bicyclic) bond motifs is 1. The maximum atomic E-state index is 10.9. The topological polar surface area (TPSA) is 97.8 Å². The zero-order chi connectivity index (χ0) is 14.3. The van der Waals surface area contributed by atoms with Gasteiger partial charge in [-0.15, -0.1) is 0 Å². The van der Waals surface area contributed by atoms with Gasteiger partial charge in [0.1, 0.15) is 5.69 Å². The van der Waals surface area contributed by atoms with Gasteiger partial charge in [0.15, 0.2) is 0 Å². The number of aromatic amines is 1. The average molecular weight is 268 g/mol. The second-order valence-corrected chi connectivity index (χ2v) is 4.60. The van der Waals surface area contributed by atoms with Gasteiger partial charge < -0.3 is 5.73 Å². The zero-order valence-corrected chi connectivity index (χ0v) is 10.8. The minimum atomic E-state index is -0.411. The van der Waals surface area contributed by atoms with Crippen LogP contribution in [-0.4, -0.2) is 15.1 Å². The van der Waals surface area contributed by atoms with Crippen molar-refractivity contribution >= 4 is 22.3 Å². The van der Waals surface area contributed by atoms with E-state index >= 15 is 0 Å². The Morgan fingerprint density at radius 3 is 2.85 bits per heavy atom. The molecule has 6 nitrogen and oxygen atoms in total. The van der Waals surface area contributed by atoms with Crippen LogP contribution in [0.15, 0.2) is 36.4 Å². The van der Waals surface area contributed by atoms with Gasteiger partial charge in [-0.25, -0.2) is 0 Å². The second-order valence-electron chi connectivity index (χ2n) is 4.60. The maximum Gasteiger partial charge on any atom is 0.270 e. The molecule has 100 valence electrons. The second kappa shape index (κ2) is 4.34. The Labute approximate surface area is 114 Å². The molecule has 0 amide bonds. The standard InChI is InChI=1S/C14H12N4O2/c1-8-5-6-9(18(19)20)7-11(8)13-10-3-2-4-12(15)14(10)17-16-13/h2-7H,15H2,1H3,(H,16,17). The Morgan fingerprint density at radius 2 is 2.10 bits per heavy atom. The molecule has 20 heavy (non-hydrogen) atoms. The first-order valence-electron chi connectivity index (χ1n) is 6.06. The molecule has 0 radical (unpaired) electrons. The van der Waals surface area contributed by atoms with Crippen molar-refractivity contribution in [2.75, 3.05) is 5.73 Å². The molecule has 3 rings (SSSR count). The lowest BCUT2D eigenvalue weighted by atomic mass is 10.0. The van der Waals surface area contributed by atoms with Gasteiger partial charge in [-0.3, -0.25) is 15.2 Å². The first-order chi connectivity index (χ1) is 9.58. The van der Waals surface area contributed by atoms with Gasteiger partial charge in [-0.05, 0) is 18.6 Å². The number of anilines is 1. The third-order valence-corrected chi connectivity index (χ3v) is 3.32. The number of para-hydroxylation sites is 1. The fraction of sp³-hybridized carbons (Fsp3) is 0.0714. The van der Waals surface area contributed by atoms with E-state index in [4.69, 9.17) is 5.73 Å². The molecule has 0 unspecified atom stereocenters. The minimum absolute atomic E-state index is 0.0469. The number of nitro benzene ring substituents is 1. The predicted molar refractivity (Wildman–Crippen MR) is 77.3 cm³/mol. The van der Waals surface area contributed by atoms with Crippen LogP contribution in [-0.2, 0) is 0 Å². The number of nitro groups is 1. The summed E-state index contributed by atoms with van der Waals surface area (Å²) >= 11 is 0. The number of nitrogens with one attached hydrogen (secondary N) is 1. The highest BCUT2D eigenvalue weighted by Gasteiger charge is 2.15. The van der Waals surface area contributed by atoms with E-state index in [9.17, 15) is 10.1 Å². The third kappa shape index (κ3) is 1.78. The van der Waals surface area contributed by atoms with Gasteiger partial charge in [0.05, 0.1) is 16.1 Å². The normalized spacial score (nSPS) is 10.8. The number of non-ortho nitro benzene ring substituents is 1. The van der Waals surface area contributed by atoms with Crippen LogP contribution in [0.4, 0.5) is 11.4 Å². The third-order valence-electron chi connectivity index (χ3n) is 3.32. The average Bonchev–Trinajstić information content (AvgIpc) is 2.84. The molecule has 0 spiro atoms. The van der Waals surface area contributed by atoms with E-state index in [0.717, 1.165) is 22.0 Å². The molecule has 2 aromatic carbocycles. The fourth-order valence-corrected chi connectivity index (χ4v) is 2.25. The summed E-state index contributed by atoms with van der Waals surface area (Å²) < 4.78 is 0. The summed E-state index contributed by atoms with van der Waals surface area (Å²) in [6, 6.07) is 10.3. The summed E-state index contributed by atoms with van der Waals surface area (Å²) in [7, 11) is 0. The minimum Gasteiger partial charge on any atom is -0.397 e. The summed E-state index contributed by atoms with van der Waals surface area (Å²) in [6.45, 7) is 1.89. The molecule has 0 aliphatic rings. The van der Waals surface area contributed by atoms with E-state index in [-0.39, 0.29) is 5.69 Å². The van der Waals surface area contributed by atoms with Crippen molar-refractivity contribution in [3.05, 3.63) is 52.1 Å². The van der Waals surface area contributed by atoms with Crippen LogP contribution >= 0.6 is 0 Å². The largest absolute Gasteiger partial charge is 0.397 e. The number of hydrogen-bond donors (Lipinski definition) is 2. The molecule has 0 aliphatic heterocycles. The number of H-pyrrole nitrogens is 1. The van der Waals surface area contributed by atoms with E-state index in [2.05, 4.69) is 10.2 Å². The SMILES string of the molecule is Cc1ccc([N+](=O)[O-])cc1-c1n[nH]c2c(N)cccc12.